The molecule has 2 aromatic rings. The molecule has 7 nitrogen and oxygen atoms in total. The van der Waals surface area contributed by atoms with Gasteiger partial charge in [0.2, 0.25) is 5.71 Å². The van der Waals surface area contributed by atoms with Crippen LogP contribution in [0.3, 0.4) is 0 Å². The molecule has 7 heteroatoms. The minimum absolute atomic E-state index is 0.164. The SMILES string of the molecule is CCOC(=O)c1c(C)oc2nc(CN3C[C@H](C)C[C@@H](C)C3)[nH]c(=O)c12. The van der Waals surface area contributed by atoms with Crippen molar-refractivity contribution in [1.29, 1.82) is 0 Å². The lowest BCUT2D eigenvalue weighted by molar-refractivity contribution is 0.0526. The van der Waals surface area contributed by atoms with E-state index >= 15 is 0 Å². The first-order valence-corrected chi connectivity index (χ1v) is 8.80. The van der Waals surface area contributed by atoms with E-state index in [0.717, 1.165) is 13.1 Å². The maximum absolute atomic E-state index is 12.5. The fourth-order valence-electron chi connectivity index (χ4n) is 3.82. The Kier molecular flexibility index (Phi) is 4.94. The fraction of sp³-hybridized carbons (Fsp3) is 0.611. The van der Waals surface area contributed by atoms with Gasteiger partial charge in [-0.1, -0.05) is 13.8 Å². The quantitative estimate of drug-likeness (QED) is 0.855. The molecule has 1 fully saturated rings. The van der Waals surface area contributed by atoms with Gasteiger partial charge in [-0.15, -0.1) is 0 Å². The number of aryl methyl sites for hydroxylation is 1. The molecule has 2 aromatic heterocycles. The summed E-state index contributed by atoms with van der Waals surface area (Å²) in [5, 5.41) is 0.167. The average molecular weight is 347 g/mol. The van der Waals surface area contributed by atoms with Crippen LogP contribution in [0.15, 0.2) is 9.21 Å². The van der Waals surface area contributed by atoms with Crippen molar-refractivity contribution < 1.29 is 13.9 Å². The van der Waals surface area contributed by atoms with Crippen LogP contribution < -0.4 is 5.56 Å². The van der Waals surface area contributed by atoms with Crippen LogP contribution in [0.4, 0.5) is 0 Å². The third-order valence-corrected chi connectivity index (χ3v) is 4.58. The maximum atomic E-state index is 12.5. The van der Waals surface area contributed by atoms with Crippen LogP contribution in [0, 0.1) is 18.8 Å². The van der Waals surface area contributed by atoms with Crippen molar-refractivity contribution in [2.24, 2.45) is 11.8 Å². The molecule has 1 saturated heterocycles. The van der Waals surface area contributed by atoms with E-state index in [2.05, 4.69) is 28.7 Å². The lowest BCUT2D eigenvalue weighted by Crippen LogP contribution is -2.38. The number of aromatic nitrogens is 2. The van der Waals surface area contributed by atoms with Crippen LogP contribution in [-0.4, -0.2) is 40.5 Å². The van der Waals surface area contributed by atoms with Crippen LogP contribution in [-0.2, 0) is 11.3 Å². The van der Waals surface area contributed by atoms with Gasteiger partial charge in [0.25, 0.3) is 5.56 Å². The highest BCUT2D eigenvalue weighted by molar-refractivity contribution is 6.03. The van der Waals surface area contributed by atoms with Crippen molar-refractivity contribution in [3.8, 4) is 0 Å². The van der Waals surface area contributed by atoms with E-state index in [1.165, 1.54) is 6.42 Å². The Morgan fingerprint density at radius 3 is 2.68 bits per heavy atom. The summed E-state index contributed by atoms with van der Waals surface area (Å²) >= 11 is 0. The third-order valence-electron chi connectivity index (χ3n) is 4.58. The Morgan fingerprint density at radius 1 is 1.36 bits per heavy atom. The van der Waals surface area contributed by atoms with Crippen LogP contribution in [0.5, 0.6) is 0 Å². The van der Waals surface area contributed by atoms with Gasteiger partial charge in [-0.05, 0) is 32.1 Å². The molecular weight excluding hydrogens is 322 g/mol. The predicted octanol–water partition coefficient (Wildman–Crippen LogP) is 2.48. The van der Waals surface area contributed by atoms with Crippen molar-refractivity contribution >= 4 is 17.1 Å². The molecule has 0 amide bonds. The number of aromatic amines is 1. The van der Waals surface area contributed by atoms with Gasteiger partial charge in [0.1, 0.15) is 22.5 Å². The molecular formula is C18H25N3O4. The molecule has 1 aliphatic heterocycles. The highest BCUT2D eigenvalue weighted by Gasteiger charge is 2.25. The number of hydrogen-bond donors (Lipinski definition) is 1. The molecule has 3 rings (SSSR count). The van der Waals surface area contributed by atoms with E-state index in [9.17, 15) is 9.59 Å². The first-order valence-electron chi connectivity index (χ1n) is 8.80. The number of likely N-dealkylation sites (tertiary alicyclic amines) is 1. The summed E-state index contributed by atoms with van der Waals surface area (Å²) in [6, 6.07) is 0. The largest absolute Gasteiger partial charge is 0.462 e. The standard InChI is InChI=1S/C18H25N3O4/c1-5-24-18(23)14-12(4)25-17-15(14)16(22)19-13(20-17)9-21-7-10(2)6-11(3)8-21/h10-11H,5-9H2,1-4H3,(H,19,20,22)/t10-,11-/m1/s1. The minimum atomic E-state index is -0.558. The van der Waals surface area contributed by atoms with Gasteiger partial charge >= 0.3 is 5.97 Å². The number of ether oxygens (including phenoxy) is 1. The number of carbonyl (C=O) groups is 1. The smallest absolute Gasteiger partial charge is 0.342 e. The number of carbonyl (C=O) groups excluding carboxylic acids is 1. The van der Waals surface area contributed by atoms with Crippen LogP contribution in [0.1, 0.15) is 49.1 Å². The van der Waals surface area contributed by atoms with E-state index in [0.29, 0.717) is 30.0 Å². The van der Waals surface area contributed by atoms with Crippen molar-refractivity contribution in [3.05, 3.63) is 27.5 Å². The number of fused-ring (bicyclic) bond motifs is 1. The summed E-state index contributed by atoms with van der Waals surface area (Å²) in [5.41, 5.74) is -0.00668. The number of piperidine rings is 1. The van der Waals surface area contributed by atoms with E-state index < -0.39 is 5.97 Å². The first-order chi connectivity index (χ1) is 11.9. The summed E-state index contributed by atoms with van der Waals surface area (Å²) in [5.74, 6) is 1.60. The van der Waals surface area contributed by atoms with Crippen LogP contribution >= 0.6 is 0 Å². The molecule has 1 N–H and O–H groups in total. The highest BCUT2D eigenvalue weighted by atomic mass is 16.5. The zero-order valence-electron chi connectivity index (χ0n) is 15.2. The molecule has 0 bridgehead atoms. The predicted molar refractivity (Wildman–Crippen MR) is 93.5 cm³/mol. The topological polar surface area (TPSA) is 88.4 Å². The molecule has 3 heterocycles. The fourth-order valence-corrected chi connectivity index (χ4v) is 3.82. The molecule has 136 valence electrons. The number of hydrogen-bond acceptors (Lipinski definition) is 6. The van der Waals surface area contributed by atoms with Crippen molar-refractivity contribution in [1.82, 2.24) is 14.9 Å². The first kappa shape index (κ1) is 17.7. The van der Waals surface area contributed by atoms with Gasteiger partial charge in [0, 0.05) is 13.1 Å². The number of nitrogens with zero attached hydrogens (tertiary/aromatic N) is 2. The normalized spacial score (nSPS) is 21.6. The van der Waals surface area contributed by atoms with Crippen molar-refractivity contribution in [2.75, 3.05) is 19.7 Å². The lowest BCUT2D eigenvalue weighted by Gasteiger charge is -2.34. The Balaban J connectivity index is 1.92. The molecule has 25 heavy (non-hydrogen) atoms. The van der Waals surface area contributed by atoms with Gasteiger partial charge in [-0.25, -0.2) is 4.79 Å². The summed E-state index contributed by atoms with van der Waals surface area (Å²) in [6.45, 7) is 10.6. The summed E-state index contributed by atoms with van der Waals surface area (Å²) in [6.07, 6.45) is 1.22. The van der Waals surface area contributed by atoms with E-state index in [1.807, 2.05) is 0 Å². The highest BCUT2D eigenvalue weighted by Crippen LogP contribution is 2.24. The molecule has 1 aliphatic rings. The summed E-state index contributed by atoms with van der Waals surface area (Å²) in [4.78, 5) is 34.2. The van der Waals surface area contributed by atoms with Crippen LogP contribution in [0.2, 0.25) is 0 Å². The molecule has 2 atom stereocenters. The average Bonchev–Trinajstić information content (AvgIpc) is 2.83. The Bertz CT molecular complexity index is 829. The lowest BCUT2D eigenvalue weighted by atomic mass is 9.92. The number of nitrogens with one attached hydrogen (secondary N) is 1. The van der Waals surface area contributed by atoms with E-state index in [4.69, 9.17) is 9.15 Å². The second-order valence-corrected chi connectivity index (χ2v) is 7.09. The summed E-state index contributed by atoms with van der Waals surface area (Å²) < 4.78 is 10.6. The Morgan fingerprint density at radius 2 is 2.04 bits per heavy atom. The Hall–Kier alpha value is -2.15. The number of furan rings is 1. The van der Waals surface area contributed by atoms with Crippen molar-refractivity contribution in [2.45, 2.75) is 40.7 Å². The second-order valence-electron chi connectivity index (χ2n) is 7.09. The van der Waals surface area contributed by atoms with Crippen molar-refractivity contribution in [3.63, 3.8) is 0 Å². The molecule has 0 unspecified atom stereocenters. The van der Waals surface area contributed by atoms with Gasteiger partial charge in [-0.2, -0.15) is 4.98 Å². The second kappa shape index (κ2) is 7.00. The van der Waals surface area contributed by atoms with E-state index in [1.54, 1.807) is 13.8 Å². The van der Waals surface area contributed by atoms with Gasteiger partial charge in [0.15, 0.2) is 0 Å². The van der Waals surface area contributed by atoms with Gasteiger partial charge < -0.3 is 14.1 Å². The molecule has 0 saturated carbocycles. The zero-order chi connectivity index (χ0) is 18.1. The van der Waals surface area contributed by atoms with Crippen LogP contribution in [0.25, 0.3) is 11.1 Å². The van der Waals surface area contributed by atoms with E-state index in [-0.39, 0.29) is 28.8 Å². The molecule has 0 aliphatic carbocycles. The number of rotatable bonds is 4. The third kappa shape index (κ3) is 3.61. The molecule has 0 spiro atoms. The molecule has 0 radical (unpaired) electrons. The maximum Gasteiger partial charge on any atom is 0.342 e. The zero-order valence-corrected chi connectivity index (χ0v) is 15.2. The monoisotopic (exact) mass is 347 g/mol. The number of H-pyrrole nitrogens is 1. The van der Waals surface area contributed by atoms with Gasteiger partial charge in [0.05, 0.1) is 13.2 Å². The Labute approximate surface area is 146 Å². The number of esters is 1. The minimum Gasteiger partial charge on any atom is -0.462 e. The van der Waals surface area contributed by atoms with Gasteiger partial charge in [-0.3, -0.25) is 9.69 Å². The molecule has 0 aromatic carbocycles. The summed E-state index contributed by atoms with van der Waals surface area (Å²) in [7, 11) is 0.